The normalized spacial score (nSPS) is 15.6. The summed E-state index contributed by atoms with van der Waals surface area (Å²) >= 11 is 0. The second-order valence-corrected chi connectivity index (χ2v) is 8.76. The summed E-state index contributed by atoms with van der Waals surface area (Å²) in [6.07, 6.45) is 2.74. The van der Waals surface area contributed by atoms with Crippen LogP contribution < -0.4 is 20.9 Å². The second-order valence-electron chi connectivity index (χ2n) is 8.76. The van der Waals surface area contributed by atoms with E-state index in [9.17, 15) is 9.18 Å². The number of carbonyl (C=O) groups is 1. The fourth-order valence-electron chi connectivity index (χ4n) is 4.02. The van der Waals surface area contributed by atoms with E-state index in [1.54, 1.807) is 19.4 Å². The van der Waals surface area contributed by atoms with Crippen LogP contribution in [-0.2, 0) is 9.53 Å². The molecule has 8 nitrogen and oxygen atoms in total. The Balaban J connectivity index is 1.55. The third kappa shape index (κ3) is 8.64. The van der Waals surface area contributed by atoms with Gasteiger partial charge in [-0.25, -0.2) is 4.39 Å². The molecule has 1 aliphatic heterocycles. The van der Waals surface area contributed by atoms with Gasteiger partial charge < -0.3 is 25.6 Å². The number of aliphatic imine (C=N–C) groups is 1. The number of hydrogen-bond donors (Lipinski definition) is 3. The molecule has 0 saturated carbocycles. The molecule has 0 aliphatic carbocycles. The van der Waals surface area contributed by atoms with Crippen LogP contribution in [0.5, 0.6) is 0 Å². The predicted octanol–water partition coefficient (Wildman–Crippen LogP) is 4.72. The van der Waals surface area contributed by atoms with Gasteiger partial charge in [-0.05, 0) is 62.4 Å². The Morgan fingerprint density at radius 3 is 2.41 bits per heavy atom. The molecule has 3 rings (SSSR count). The summed E-state index contributed by atoms with van der Waals surface area (Å²) in [6, 6.07) is 15.7. The van der Waals surface area contributed by atoms with E-state index in [0.717, 1.165) is 43.3 Å². The third-order valence-corrected chi connectivity index (χ3v) is 6.03. The summed E-state index contributed by atoms with van der Waals surface area (Å²) < 4.78 is 18.1. The fourth-order valence-corrected chi connectivity index (χ4v) is 4.02. The van der Waals surface area contributed by atoms with Crippen LogP contribution in [0.25, 0.3) is 0 Å². The van der Waals surface area contributed by atoms with E-state index in [2.05, 4.69) is 49.5 Å². The van der Waals surface area contributed by atoms with Crippen molar-refractivity contribution in [3.05, 3.63) is 72.6 Å². The van der Waals surface area contributed by atoms with Gasteiger partial charge in [-0.2, -0.15) is 0 Å². The lowest BCUT2D eigenvalue weighted by Gasteiger charge is -2.35. The monoisotopic (exact) mass is 508 g/mol. The minimum atomic E-state index is -0.288. The van der Waals surface area contributed by atoms with Gasteiger partial charge in [0.05, 0.1) is 19.0 Å². The molecule has 1 atom stereocenters. The summed E-state index contributed by atoms with van der Waals surface area (Å²) in [7, 11) is 1.60. The molecule has 2 aromatic carbocycles. The quantitative estimate of drug-likeness (QED) is 0.219. The van der Waals surface area contributed by atoms with E-state index in [-0.39, 0.29) is 18.7 Å². The van der Waals surface area contributed by atoms with Crippen molar-refractivity contribution in [1.82, 2.24) is 4.90 Å². The first-order chi connectivity index (χ1) is 17.9. The third-order valence-electron chi connectivity index (χ3n) is 6.03. The van der Waals surface area contributed by atoms with Crippen molar-refractivity contribution in [2.45, 2.75) is 20.0 Å². The number of rotatable bonds is 12. The zero-order valence-electron chi connectivity index (χ0n) is 21.8. The number of ether oxygens (including phenoxy) is 1. The fraction of sp³-hybridized carbons (Fsp3) is 0.357. The van der Waals surface area contributed by atoms with Crippen molar-refractivity contribution in [3.63, 3.8) is 0 Å². The van der Waals surface area contributed by atoms with Gasteiger partial charge in [-0.3, -0.25) is 14.7 Å². The molecule has 0 radical (unpaired) electrons. The number of benzene rings is 2. The molecule has 0 bridgehead atoms. The zero-order valence-corrected chi connectivity index (χ0v) is 21.8. The van der Waals surface area contributed by atoms with Crippen molar-refractivity contribution >= 4 is 34.9 Å². The highest BCUT2D eigenvalue weighted by Gasteiger charge is 2.16. The first-order valence-electron chi connectivity index (χ1n) is 12.4. The van der Waals surface area contributed by atoms with Crippen LogP contribution in [0, 0.1) is 0 Å². The van der Waals surface area contributed by atoms with E-state index in [1.165, 1.54) is 11.8 Å². The molecule has 0 aromatic heterocycles. The van der Waals surface area contributed by atoms with Crippen molar-refractivity contribution in [2.75, 3.05) is 67.4 Å². The van der Waals surface area contributed by atoms with Crippen LogP contribution in [0.4, 0.5) is 27.1 Å². The molecule has 1 amide bonds. The number of nitrogens with zero attached hydrogens (tertiary/aromatic N) is 3. The van der Waals surface area contributed by atoms with E-state index < -0.39 is 0 Å². The molecule has 1 unspecified atom stereocenters. The van der Waals surface area contributed by atoms with Gasteiger partial charge in [0.1, 0.15) is 12.8 Å². The summed E-state index contributed by atoms with van der Waals surface area (Å²) in [4.78, 5) is 20.6. The number of carbonyl (C=O) groups excluding carboxylic acids is 1. The molecule has 1 heterocycles. The minimum absolute atomic E-state index is 0.175. The minimum Gasteiger partial charge on any atom is -0.493 e. The highest BCUT2D eigenvalue weighted by molar-refractivity contribution is 5.99. The highest BCUT2D eigenvalue weighted by atomic mass is 19.1. The lowest BCUT2D eigenvalue weighted by molar-refractivity contribution is -0.111. The molecular formula is C28H37FN6O2. The molecule has 37 heavy (non-hydrogen) atoms. The molecule has 9 heteroatoms. The van der Waals surface area contributed by atoms with Gasteiger partial charge in [0, 0.05) is 55.5 Å². The average Bonchev–Trinajstić information content (AvgIpc) is 2.90. The van der Waals surface area contributed by atoms with Gasteiger partial charge in [0.2, 0.25) is 5.91 Å². The molecular weight excluding hydrogens is 471 g/mol. The number of amides is 1. The first kappa shape index (κ1) is 27.7. The Labute approximate surface area is 218 Å². The summed E-state index contributed by atoms with van der Waals surface area (Å²) in [5, 5.41) is 9.41. The van der Waals surface area contributed by atoms with Gasteiger partial charge in [-0.1, -0.05) is 12.6 Å². The van der Waals surface area contributed by atoms with E-state index >= 15 is 0 Å². The molecule has 2 aromatic rings. The van der Waals surface area contributed by atoms with Crippen molar-refractivity contribution in [1.29, 1.82) is 0 Å². The van der Waals surface area contributed by atoms with Crippen LogP contribution in [0.1, 0.15) is 13.8 Å². The Bertz CT molecular complexity index is 1090. The van der Waals surface area contributed by atoms with E-state index in [0.29, 0.717) is 18.0 Å². The number of allylic oxidation sites excluding steroid dienone is 2. The summed E-state index contributed by atoms with van der Waals surface area (Å²) in [5.74, 6) is 0.328. The SMILES string of the molecule is C=CC(=O)Nc1cccc(N/C(C)=C(/C=NC(C)Nc2ccc(N3CCN(CCF)CC3)cc2)OC)c1. The average molecular weight is 509 g/mol. The Morgan fingerprint density at radius 1 is 1.11 bits per heavy atom. The standard InChI is InChI=1S/C28H37FN6O2/c1-5-28(36)33-25-8-6-7-24(19-25)31-21(2)27(37-4)20-30-22(3)32-23-9-11-26(12-10-23)35-17-15-34(14-13-29)16-18-35/h5-12,19-20,22,31-32H,1,13-18H2,2-4H3,(H,33,36)/b27-21-,30-20?. The maximum atomic E-state index is 12.6. The molecule has 0 spiro atoms. The van der Waals surface area contributed by atoms with E-state index in [1.807, 2.05) is 44.2 Å². The molecule has 1 aliphatic rings. The van der Waals surface area contributed by atoms with Gasteiger partial charge in [0.25, 0.3) is 0 Å². The number of nitrogens with one attached hydrogen (secondary N) is 3. The zero-order chi connectivity index (χ0) is 26.6. The predicted molar refractivity (Wildman–Crippen MR) is 151 cm³/mol. The van der Waals surface area contributed by atoms with Crippen molar-refractivity contribution in [3.8, 4) is 0 Å². The van der Waals surface area contributed by atoms with Crippen LogP contribution in [0.15, 0.2) is 77.6 Å². The maximum absolute atomic E-state index is 12.6. The Hall–Kier alpha value is -3.85. The highest BCUT2D eigenvalue weighted by Crippen LogP contribution is 2.21. The van der Waals surface area contributed by atoms with Crippen LogP contribution in [0.3, 0.4) is 0 Å². The number of alkyl halides is 1. The first-order valence-corrected chi connectivity index (χ1v) is 12.4. The molecule has 1 fully saturated rings. The van der Waals surface area contributed by atoms with Crippen LogP contribution >= 0.6 is 0 Å². The summed E-state index contributed by atoms with van der Waals surface area (Å²) in [6.45, 7) is 11.1. The number of hydrogen-bond acceptors (Lipinski definition) is 7. The van der Waals surface area contributed by atoms with Crippen LogP contribution in [-0.4, -0.2) is 69.7 Å². The number of piperazine rings is 1. The van der Waals surface area contributed by atoms with Crippen LogP contribution in [0.2, 0.25) is 0 Å². The van der Waals surface area contributed by atoms with Crippen molar-refractivity contribution in [2.24, 2.45) is 4.99 Å². The van der Waals surface area contributed by atoms with Gasteiger partial charge >= 0.3 is 0 Å². The number of methoxy groups -OCH3 is 1. The molecule has 1 saturated heterocycles. The maximum Gasteiger partial charge on any atom is 0.247 e. The number of anilines is 4. The van der Waals surface area contributed by atoms with Gasteiger partial charge in [0.15, 0.2) is 5.76 Å². The second kappa shape index (κ2) is 14.0. The largest absolute Gasteiger partial charge is 0.493 e. The van der Waals surface area contributed by atoms with Crippen molar-refractivity contribution < 1.29 is 13.9 Å². The lowest BCUT2D eigenvalue weighted by Crippen LogP contribution is -2.47. The summed E-state index contributed by atoms with van der Waals surface area (Å²) in [5.41, 5.74) is 4.39. The Morgan fingerprint density at radius 2 is 1.78 bits per heavy atom. The molecule has 3 N–H and O–H groups in total. The number of halogens is 1. The smallest absolute Gasteiger partial charge is 0.247 e. The van der Waals surface area contributed by atoms with E-state index in [4.69, 9.17) is 4.74 Å². The Kier molecular flexibility index (Phi) is 10.5. The molecule has 198 valence electrons. The topological polar surface area (TPSA) is 81.2 Å². The van der Waals surface area contributed by atoms with Gasteiger partial charge in [-0.15, -0.1) is 0 Å². The lowest BCUT2D eigenvalue weighted by atomic mass is 10.2.